The fraction of sp³-hybridized carbons (Fsp3) is 0.176. The van der Waals surface area contributed by atoms with Crippen molar-refractivity contribution in [3.8, 4) is 11.5 Å². The Morgan fingerprint density at radius 1 is 1.25 bits per heavy atom. The first-order valence-electron chi connectivity index (χ1n) is 7.71. The summed E-state index contributed by atoms with van der Waals surface area (Å²) in [7, 11) is 0. The summed E-state index contributed by atoms with van der Waals surface area (Å²) in [5.74, 6) is 1.33. The molecule has 1 aliphatic heterocycles. The van der Waals surface area contributed by atoms with Crippen LogP contribution in [0.5, 0.6) is 11.5 Å². The van der Waals surface area contributed by atoms with E-state index in [9.17, 15) is 5.11 Å². The Morgan fingerprint density at radius 3 is 2.92 bits per heavy atom. The third kappa shape index (κ3) is 2.13. The molecular weight excluding hydrogens is 306 g/mol. The van der Waals surface area contributed by atoms with Gasteiger partial charge in [-0.3, -0.25) is 9.88 Å². The van der Waals surface area contributed by atoms with Crippen molar-refractivity contribution in [3.63, 3.8) is 0 Å². The first kappa shape index (κ1) is 14.4. The number of fused-ring (bicyclic) bond motifs is 3. The van der Waals surface area contributed by atoms with Crippen LogP contribution in [0.4, 0.5) is 5.95 Å². The summed E-state index contributed by atoms with van der Waals surface area (Å²) in [5.41, 5.74) is 8.26. The van der Waals surface area contributed by atoms with E-state index in [1.807, 2.05) is 47.9 Å². The van der Waals surface area contributed by atoms with Crippen LogP contribution in [0.1, 0.15) is 18.7 Å². The fourth-order valence-corrected chi connectivity index (χ4v) is 2.94. The Kier molecular flexibility index (Phi) is 3.26. The predicted molar refractivity (Wildman–Crippen MR) is 92.4 cm³/mol. The van der Waals surface area contributed by atoms with Gasteiger partial charge >= 0.3 is 0 Å². The Bertz CT molecular complexity index is 947. The van der Waals surface area contributed by atoms with Crippen molar-refractivity contribution in [2.75, 3.05) is 11.9 Å². The number of phenolic OH excluding ortho intramolecular Hbond substituents is 1. The van der Waals surface area contributed by atoms with Gasteiger partial charge in [-0.2, -0.15) is 0 Å². The number of nitrogens with zero attached hydrogens (tertiary/aromatic N) is 3. The molecule has 3 aromatic rings. The average molecular weight is 323 g/mol. The van der Waals surface area contributed by atoms with E-state index in [0.717, 1.165) is 11.0 Å². The van der Waals surface area contributed by atoms with Crippen LogP contribution in [0.15, 0.2) is 47.5 Å². The summed E-state index contributed by atoms with van der Waals surface area (Å²) < 4.78 is 7.39. The molecule has 7 heteroatoms. The summed E-state index contributed by atoms with van der Waals surface area (Å²) in [6.45, 7) is 2.34. The van der Waals surface area contributed by atoms with Crippen molar-refractivity contribution in [1.29, 1.82) is 0 Å². The van der Waals surface area contributed by atoms with Gasteiger partial charge in [-0.05, 0) is 25.1 Å². The maximum atomic E-state index is 10.6. The molecule has 1 aliphatic rings. The topological polar surface area (TPSA) is 97.7 Å². The number of anilines is 1. The number of nitrogens with two attached hydrogens (primary N) is 1. The summed E-state index contributed by atoms with van der Waals surface area (Å²) in [6.07, 6.45) is -0.519. The minimum Gasteiger partial charge on any atom is -0.504 e. The monoisotopic (exact) mass is 323 g/mol. The largest absolute Gasteiger partial charge is 0.504 e. The lowest BCUT2D eigenvalue weighted by molar-refractivity contribution is 0.315. The molecule has 1 aromatic heterocycles. The number of benzene rings is 2. The van der Waals surface area contributed by atoms with Gasteiger partial charge in [0.25, 0.3) is 0 Å². The molecule has 0 bridgehead atoms. The standard InChI is InChI=1S/C17H17N5O2/c1-2-24-13-9-5-6-10(14(13)23)15-20-16(18)21-17-19-11-7-3-4-8-12(11)22(15)17/h3-9,15,23H,2H2,1H3,(H3,18,19,20,21). The summed E-state index contributed by atoms with van der Waals surface area (Å²) in [4.78, 5) is 9.01. The Labute approximate surface area is 138 Å². The number of imidazole rings is 1. The minimum absolute atomic E-state index is 0.0616. The highest BCUT2D eigenvalue weighted by Gasteiger charge is 2.27. The molecule has 0 aliphatic carbocycles. The van der Waals surface area contributed by atoms with Gasteiger partial charge in [0.1, 0.15) is 0 Å². The zero-order chi connectivity index (χ0) is 16.7. The zero-order valence-electron chi connectivity index (χ0n) is 13.1. The van der Waals surface area contributed by atoms with E-state index in [4.69, 9.17) is 10.5 Å². The number of aliphatic imine (C=N–C) groups is 1. The number of rotatable bonds is 3. The molecule has 0 radical (unpaired) electrons. The van der Waals surface area contributed by atoms with Gasteiger partial charge in [-0.1, -0.05) is 24.3 Å². The molecule has 0 amide bonds. The summed E-state index contributed by atoms with van der Waals surface area (Å²) in [6, 6.07) is 13.1. The van der Waals surface area contributed by atoms with Crippen molar-refractivity contribution in [3.05, 3.63) is 48.0 Å². The van der Waals surface area contributed by atoms with Crippen LogP contribution >= 0.6 is 0 Å². The smallest absolute Gasteiger partial charge is 0.212 e. The molecule has 2 heterocycles. The predicted octanol–water partition coefficient (Wildman–Crippen LogP) is 2.43. The molecule has 7 nitrogen and oxygen atoms in total. The van der Waals surface area contributed by atoms with Gasteiger partial charge in [-0.15, -0.1) is 0 Å². The van der Waals surface area contributed by atoms with Gasteiger partial charge in [0.2, 0.25) is 5.95 Å². The van der Waals surface area contributed by atoms with Crippen molar-refractivity contribution in [1.82, 2.24) is 9.55 Å². The molecule has 122 valence electrons. The molecule has 1 unspecified atom stereocenters. The minimum atomic E-state index is -0.519. The lowest BCUT2D eigenvalue weighted by Gasteiger charge is -2.24. The number of phenols is 1. The highest BCUT2D eigenvalue weighted by Crippen LogP contribution is 2.39. The third-order valence-corrected chi connectivity index (χ3v) is 3.95. The highest BCUT2D eigenvalue weighted by atomic mass is 16.5. The zero-order valence-corrected chi connectivity index (χ0v) is 13.1. The number of guanidine groups is 1. The normalized spacial score (nSPS) is 16.4. The number of ether oxygens (including phenoxy) is 1. The Hall–Kier alpha value is -3.22. The van der Waals surface area contributed by atoms with Crippen molar-refractivity contribution < 1.29 is 9.84 Å². The molecule has 24 heavy (non-hydrogen) atoms. The van der Waals surface area contributed by atoms with E-state index >= 15 is 0 Å². The van der Waals surface area contributed by atoms with E-state index in [1.165, 1.54) is 0 Å². The maximum absolute atomic E-state index is 10.6. The van der Waals surface area contributed by atoms with Gasteiger partial charge < -0.3 is 15.6 Å². The van der Waals surface area contributed by atoms with Crippen LogP contribution < -0.4 is 15.8 Å². The number of hydrogen-bond acceptors (Lipinski definition) is 6. The number of nitrogens with one attached hydrogen (secondary N) is 1. The average Bonchev–Trinajstić information content (AvgIpc) is 2.94. The first-order valence-corrected chi connectivity index (χ1v) is 7.71. The van der Waals surface area contributed by atoms with E-state index in [-0.39, 0.29) is 11.7 Å². The van der Waals surface area contributed by atoms with Crippen molar-refractivity contribution in [2.24, 2.45) is 10.7 Å². The van der Waals surface area contributed by atoms with Gasteiger partial charge in [0, 0.05) is 5.56 Å². The SMILES string of the molecule is CCOc1cccc(C2N=C(N)Nc3nc4ccccc4n32)c1O. The Balaban J connectivity index is 1.93. The van der Waals surface area contributed by atoms with Crippen molar-refractivity contribution >= 4 is 22.9 Å². The highest BCUT2D eigenvalue weighted by molar-refractivity contribution is 5.94. The molecule has 2 aromatic carbocycles. The van der Waals surface area contributed by atoms with Crippen molar-refractivity contribution in [2.45, 2.75) is 13.1 Å². The molecule has 0 saturated carbocycles. The van der Waals surface area contributed by atoms with Gasteiger partial charge in [0.05, 0.1) is 17.6 Å². The van der Waals surface area contributed by atoms with E-state index < -0.39 is 6.17 Å². The molecular formula is C17H17N5O2. The fourth-order valence-electron chi connectivity index (χ4n) is 2.94. The number of aromatic hydroxyl groups is 1. The molecule has 4 rings (SSSR count). The van der Waals surface area contributed by atoms with Crippen LogP contribution in [0, 0.1) is 0 Å². The van der Waals surface area contributed by atoms with E-state index in [0.29, 0.717) is 23.9 Å². The molecule has 4 N–H and O–H groups in total. The number of para-hydroxylation sites is 3. The molecule has 0 saturated heterocycles. The Morgan fingerprint density at radius 2 is 2.08 bits per heavy atom. The maximum Gasteiger partial charge on any atom is 0.212 e. The van der Waals surface area contributed by atoms with Crippen LogP contribution in [-0.2, 0) is 0 Å². The second-order valence-electron chi connectivity index (χ2n) is 5.43. The lowest BCUT2D eigenvalue weighted by Crippen LogP contribution is -2.31. The van der Waals surface area contributed by atoms with E-state index in [1.54, 1.807) is 6.07 Å². The number of hydrogen-bond donors (Lipinski definition) is 3. The molecule has 0 fully saturated rings. The molecule has 0 spiro atoms. The van der Waals surface area contributed by atoms with Gasteiger partial charge in [0.15, 0.2) is 23.6 Å². The van der Waals surface area contributed by atoms with Gasteiger partial charge in [-0.25, -0.2) is 9.98 Å². The third-order valence-electron chi connectivity index (χ3n) is 3.95. The first-order chi connectivity index (χ1) is 11.7. The summed E-state index contributed by atoms with van der Waals surface area (Å²) in [5, 5.41) is 13.6. The van der Waals surface area contributed by atoms with Crippen LogP contribution in [0.25, 0.3) is 11.0 Å². The number of aromatic nitrogens is 2. The summed E-state index contributed by atoms with van der Waals surface area (Å²) >= 11 is 0. The second kappa shape index (κ2) is 5.45. The molecule has 1 atom stereocenters. The second-order valence-corrected chi connectivity index (χ2v) is 5.43. The van der Waals surface area contributed by atoms with Crippen LogP contribution in [0.2, 0.25) is 0 Å². The quantitative estimate of drug-likeness (QED) is 0.688. The van der Waals surface area contributed by atoms with Crippen LogP contribution in [-0.4, -0.2) is 27.2 Å². The lowest BCUT2D eigenvalue weighted by atomic mass is 10.1. The van der Waals surface area contributed by atoms with Crippen LogP contribution in [0.3, 0.4) is 0 Å². The van der Waals surface area contributed by atoms with E-state index in [2.05, 4.69) is 15.3 Å².